The third-order valence-electron chi connectivity index (χ3n) is 3.62. The maximum Gasteiger partial charge on any atom is 0.338 e. The van der Waals surface area contributed by atoms with Crippen molar-refractivity contribution in [2.75, 3.05) is 26.1 Å². The van der Waals surface area contributed by atoms with Crippen LogP contribution in [-0.2, 0) is 9.53 Å². The number of ether oxygens (including phenoxy) is 3. The molecule has 0 aromatic heterocycles. The third-order valence-corrected chi connectivity index (χ3v) is 3.62. The Balaban J connectivity index is 1.98. The minimum Gasteiger partial charge on any atom is -0.497 e. The van der Waals surface area contributed by atoms with Crippen LogP contribution in [0.3, 0.4) is 0 Å². The fourth-order valence-electron chi connectivity index (χ4n) is 2.31. The normalized spacial score (nSPS) is 10.1. The van der Waals surface area contributed by atoms with Crippen LogP contribution in [0.15, 0.2) is 36.4 Å². The molecule has 6 heteroatoms. The Bertz CT molecular complexity index is 785. The SMILES string of the molecule is COc1ccc(C(=O)OCC(=O)Nc2cc(C)ccc2OC)c(C)c1. The third kappa shape index (κ3) is 4.73. The van der Waals surface area contributed by atoms with E-state index in [2.05, 4.69) is 5.32 Å². The standard InChI is InChI=1S/C19H21NO5/c1-12-5-8-17(24-4)16(9-12)20-18(21)11-25-19(22)15-7-6-14(23-3)10-13(15)2/h5-10H,11H2,1-4H3,(H,20,21). The molecule has 0 saturated carbocycles. The van der Waals surface area contributed by atoms with Crippen LogP contribution < -0.4 is 14.8 Å². The molecular weight excluding hydrogens is 322 g/mol. The van der Waals surface area contributed by atoms with E-state index in [1.165, 1.54) is 7.11 Å². The van der Waals surface area contributed by atoms with Gasteiger partial charge in [-0.15, -0.1) is 0 Å². The lowest BCUT2D eigenvalue weighted by Crippen LogP contribution is -2.21. The monoisotopic (exact) mass is 343 g/mol. The highest BCUT2D eigenvalue weighted by molar-refractivity contribution is 5.97. The molecule has 6 nitrogen and oxygen atoms in total. The predicted molar refractivity (Wildman–Crippen MR) is 94.4 cm³/mol. The molecule has 0 aliphatic carbocycles. The number of carbonyl (C=O) groups is 2. The van der Waals surface area contributed by atoms with Gasteiger partial charge in [-0.2, -0.15) is 0 Å². The van der Waals surface area contributed by atoms with E-state index in [4.69, 9.17) is 14.2 Å². The summed E-state index contributed by atoms with van der Waals surface area (Å²) in [5.41, 5.74) is 2.61. The van der Waals surface area contributed by atoms with E-state index in [9.17, 15) is 9.59 Å². The van der Waals surface area contributed by atoms with Gasteiger partial charge >= 0.3 is 5.97 Å². The Morgan fingerprint density at radius 1 is 1.00 bits per heavy atom. The Labute approximate surface area is 146 Å². The fourth-order valence-corrected chi connectivity index (χ4v) is 2.31. The Hall–Kier alpha value is -3.02. The quantitative estimate of drug-likeness (QED) is 0.816. The summed E-state index contributed by atoms with van der Waals surface area (Å²) in [6.45, 7) is 3.29. The van der Waals surface area contributed by atoms with E-state index >= 15 is 0 Å². The summed E-state index contributed by atoms with van der Waals surface area (Å²) < 4.78 is 15.4. The van der Waals surface area contributed by atoms with Crippen molar-refractivity contribution < 1.29 is 23.8 Å². The Morgan fingerprint density at radius 2 is 1.76 bits per heavy atom. The van der Waals surface area contributed by atoms with E-state index in [0.717, 1.165) is 5.56 Å². The topological polar surface area (TPSA) is 73.9 Å². The average molecular weight is 343 g/mol. The van der Waals surface area contributed by atoms with Gasteiger partial charge in [0.2, 0.25) is 0 Å². The molecule has 0 bridgehead atoms. The molecule has 0 spiro atoms. The number of esters is 1. The van der Waals surface area contributed by atoms with Gasteiger partial charge in [0.1, 0.15) is 11.5 Å². The van der Waals surface area contributed by atoms with Gasteiger partial charge in [0, 0.05) is 0 Å². The molecule has 25 heavy (non-hydrogen) atoms. The first kappa shape index (κ1) is 18.3. The maximum absolute atomic E-state index is 12.1. The molecule has 2 rings (SSSR count). The number of benzene rings is 2. The molecule has 0 saturated heterocycles. The van der Waals surface area contributed by atoms with Crippen LogP contribution in [0.5, 0.6) is 11.5 Å². The number of methoxy groups -OCH3 is 2. The molecular formula is C19H21NO5. The lowest BCUT2D eigenvalue weighted by molar-refractivity contribution is -0.119. The van der Waals surface area contributed by atoms with Crippen LogP contribution >= 0.6 is 0 Å². The number of aryl methyl sites for hydroxylation is 2. The van der Waals surface area contributed by atoms with Crippen LogP contribution in [0, 0.1) is 13.8 Å². The molecule has 0 unspecified atom stereocenters. The second-order valence-electron chi connectivity index (χ2n) is 5.51. The molecule has 0 heterocycles. The van der Waals surface area contributed by atoms with Crippen molar-refractivity contribution in [1.82, 2.24) is 0 Å². The van der Waals surface area contributed by atoms with E-state index in [1.54, 1.807) is 44.4 Å². The largest absolute Gasteiger partial charge is 0.497 e. The Kier molecular flexibility index (Phi) is 6.00. The van der Waals surface area contributed by atoms with Gasteiger partial charge in [-0.1, -0.05) is 6.07 Å². The van der Waals surface area contributed by atoms with Gasteiger partial charge in [-0.25, -0.2) is 4.79 Å². The molecule has 132 valence electrons. The summed E-state index contributed by atoms with van der Waals surface area (Å²) >= 11 is 0. The van der Waals surface area contributed by atoms with Crippen molar-refractivity contribution in [1.29, 1.82) is 0 Å². The van der Waals surface area contributed by atoms with Crippen molar-refractivity contribution in [3.05, 3.63) is 53.1 Å². The number of anilines is 1. The van der Waals surface area contributed by atoms with Crippen molar-refractivity contribution in [2.45, 2.75) is 13.8 Å². The van der Waals surface area contributed by atoms with Gasteiger partial charge in [0.05, 0.1) is 25.5 Å². The van der Waals surface area contributed by atoms with Crippen LogP contribution in [-0.4, -0.2) is 32.7 Å². The number of nitrogens with one attached hydrogen (secondary N) is 1. The van der Waals surface area contributed by atoms with Crippen molar-refractivity contribution >= 4 is 17.6 Å². The second-order valence-corrected chi connectivity index (χ2v) is 5.51. The van der Waals surface area contributed by atoms with E-state index in [0.29, 0.717) is 28.3 Å². The summed E-state index contributed by atoms with van der Waals surface area (Å²) in [5, 5.41) is 2.68. The fraction of sp³-hybridized carbons (Fsp3) is 0.263. The first-order chi connectivity index (χ1) is 11.9. The van der Waals surface area contributed by atoms with E-state index in [-0.39, 0.29) is 6.61 Å². The van der Waals surface area contributed by atoms with Crippen LogP contribution in [0.4, 0.5) is 5.69 Å². The number of hydrogen-bond acceptors (Lipinski definition) is 5. The highest BCUT2D eigenvalue weighted by Gasteiger charge is 2.14. The molecule has 0 aliphatic heterocycles. The highest BCUT2D eigenvalue weighted by atomic mass is 16.5. The van der Waals surface area contributed by atoms with Crippen molar-refractivity contribution in [3.63, 3.8) is 0 Å². The second kappa shape index (κ2) is 8.19. The van der Waals surface area contributed by atoms with Gasteiger partial charge in [-0.3, -0.25) is 4.79 Å². The van der Waals surface area contributed by atoms with Gasteiger partial charge < -0.3 is 19.5 Å². The van der Waals surface area contributed by atoms with Gasteiger partial charge in [0.15, 0.2) is 6.61 Å². The smallest absolute Gasteiger partial charge is 0.338 e. The van der Waals surface area contributed by atoms with Crippen molar-refractivity contribution in [3.8, 4) is 11.5 Å². The minimum atomic E-state index is -0.563. The number of carbonyl (C=O) groups excluding carboxylic acids is 2. The zero-order valence-corrected chi connectivity index (χ0v) is 14.7. The molecule has 0 aliphatic rings. The molecule has 2 aromatic rings. The molecule has 0 atom stereocenters. The summed E-state index contributed by atoms with van der Waals surface area (Å²) in [7, 11) is 3.07. The van der Waals surface area contributed by atoms with Gasteiger partial charge in [-0.05, 0) is 55.3 Å². The molecule has 1 N–H and O–H groups in total. The molecule has 0 radical (unpaired) electrons. The molecule has 0 fully saturated rings. The number of rotatable bonds is 6. The first-order valence-electron chi connectivity index (χ1n) is 7.71. The van der Waals surface area contributed by atoms with Gasteiger partial charge in [0.25, 0.3) is 5.91 Å². The average Bonchev–Trinajstić information content (AvgIpc) is 2.59. The highest BCUT2D eigenvalue weighted by Crippen LogP contribution is 2.25. The van der Waals surface area contributed by atoms with Crippen LogP contribution in [0.2, 0.25) is 0 Å². The number of amides is 1. The summed E-state index contributed by atoms with van der Waals surface area (Å²) in [4.78, 5) is 24.2. The Morgan fingerprint density at radius 3 is 2.40 bits per heavy atom. The predicted octanol–water partition coefficient (Wildman–Crippen LogP) is 3.12. The van der Waals surface area contributed by atoms with Crippen molar-refractivity contribution in [2.24, 2.45) is 0 Å². The number of hydrogen-bond donors (Lipinski definition) is 1. The molecule has 1 amide bonds. The maximum atomic E-state index is 12.1. The summed E-state index contributed by atoms with van der Waals surface area (Å²) in [6, 6.07) is 10.4. The van der Waals surface area contributed by atoms with E-state index < -0.39 is 11.9 Å². The van der Waals surface area contributed by atoms with E-state index in [1.807, 2.05) is 13.0 Å². The zero-order valence-electron chi connectivity index (χ0n) is 14.7. The van der Waals surface area contributed by atoms with Crippen LogP contribution in [0.1, 0.15) is 21.5 Å². The summed E-state index contributed by atoms with van der Waals surface area (Å²) in [6.07, 6.45) is 0. The lowest BCUT2D eigenvalue weighted by atomic mass is 10.1. The minimum absolute atomic E-state index is 0.388. The molecule has 2 aromatic carbocycles. The van der Waals surface area contributed by atoms with Crippen LogP contribution in [0.25, 0.3) is 0 Å². The zero-order chi connectivity index (χ0) is 18.4. The lowest BCUT2D eigenvalue weighted by Gasteiger charge is -2.12. The summed E-state index contributed by atoms with van der Waals surface area (Å²) in [5.74, 6) is 0.185. The first-order valence-corrected chi connectivity index (χ1v) is 7.71.